The van der Waals surface area contributed by atoms with Gasteiger partial charge in [0.1, 0.15) is 11.5 Å². The molecule has 4 nitrogen and oxygen atoms in total. The quantitative estimate of drug-likeness (QED) is 0.803. The largest absolute Gasteiger partial charge is 0.378 e. The van der Waals surface area contributed by atoms with Gasteiger partial charge in [0.15, 0.2) is 0 Å². The van der Waals surface area contributed by atoms with Crippen LogP contribution in [-0.4, -0.2) is 21.9 Å². The van der Waals surface area contributed by atoms with Crippen LogP contribution >= 0.6 is 0 Å². The fourth-order valence-electron chi connectivity index (χ4n) is 2.70. The van der Waals surface area contributed by atoms with Gasteiger partial charge in [-0.25, -0.2) is 4.68 Å². The van der Waals surface area contributed by atoms with Gasteiger partial charge in [0, 0.05) is 13.1 Å². The predicted octanol–water partition coefficient (Wildman–Crippen LogP) is 2.22. The summed E-state index contributed by atoms with van der Waals surface area (Å²) in [5.74, 6) is 2.01. The number of hydrogen-bond donors (Lipinski definition) is 2. The number of hydrogen-bond acceptors (Lipinski definition) is 3. The molecule has 1 atom stereocenters. The Labute approximate surface area is 96.4 Å². The first-order valence-corrected chi connectivity index (χ1v) is 6.23. The molecule has 1 aliphatic carbocycles. The molecule has 0 bridgehead atoms. The summed E-state index contributed by atoms with van der Waals surface area (Å²) in [5, 5.41) is 11.8. The van der Waals surface area contributed by atoms with E-state index >= 15 is 0 Å². The molecule has 0 amide bonds. The average Bonchev–Trinajstić information content (AvgIpc) is 3.06. The van der Waals surface area contributed by atoms with Gasteiger partial charge in [0.2, 0.25) is 0 Å². The molecule has 1 aliphatic heterocycles. The minimum Gasteiger partial charge on any atom is -0.378 e. The number of fused-ring (bicyclic) bond motifs is 1. The molecule has 1 fully saturated rings. The zero-order valence-corrected chi connectivity index (χ0v) is 10.3. The van der Waals surface area contributed by atoms with Crippen LogP contribution in [0.5, 0.6) is 0 Å². The summed E-state index contributed by atoms with van der Waals surface area (Å²) >= 11 is 0. The van der Waals surface area contributed by atoms with Crippen LogP contribution in [0.1, 0.15) is 32.4 Å². The molecule has 4 heteroatoms. The maximum atomic E-state index is 4.55. The van der Waals surface area contributed by atoms with Gasteiger partial charge in [0.25, 0.3) is 0 Å². The van der Waals surface area contributed by atoms with E-state index in [1.165, 1.54) is 24.3 Å². The molecule has 1 unspecified atom stereocenters. The first-order chi connectivity index (χ1) is 7.64. The summed E-state index contributed by atoms with van der Waals surface area (Å²) in [6.07, 6.45) is 2.72. The highest BCUT2D eigenvalue weighted by molar-refractivity contribution is 5.71. The van der Waals surface area contributed by atoms with Crippen LogP contribution in [0.2, 0.25) is 0 Å². The molecule has 88 valence electrons. The molecule has 1 aromatic rings. The van der Waals surface area contributed by atoms with Crippen LogP contribution in [-0.2, 0) is 6.54 Å². The second-order valence-electron chi connectivity index (χ2n) is 5.30. The summed E-state index contributed by atoms with van der Waals surface area (Å²) in [6.45, 7) is 8.46. The van der Waals surface area contributed by atoms with Gasteiger partial charge < -0.3 is 10.6 Å². The Kier molecular flexibility index (Phi) is 1.97. The van der Waals surface area contributed by atoms with Gasteiger partial charge in [0.05, 0.1) is 11.2 Å². The van der Waals surface area contributed by atoms with Crippen LogP contribution in [0.15, 0.2) is 0 Å². The van der Waals surface area contributed by atoms with E-state index in [0.717, 1.165) is 24.7 Å². The third kappa shape index (κ3) is 1.32. The normalized spacial score (nSPS) is 28.2. The zero-order chi connectivity index (χ0) is 11.3. The lowest BCUT2D eigenvalue weighted by Gasteiger charge is -2.37. The molecule has 2 N–H and O–H groups in total. The standard InChI is InChI=1S/C12H20N4/c1-4-16-11-10(8(2)15-16)13-7-12(3,14-11)9-5-6-9/h9,13-14H,4-7H2,1-3H3. The summed E-state index contributed by atoms with van der Waals surface area (Å²) < 4.78 is 2.07. The number of anilines is 2. The van der Waals surface area contributed by atoms with E-state index in [2.05, 4.69) is 41.2 Å². The van der Waals surface area contributed by atoms with Gasteiger partial charge >= 0.3 is 0 Å². The molecule has 1 saturated carbocycles. The average molecular weight is 220 g/mol. The van der Waals surface area contributed by atoms with Gasteiger partial charge in [-0.3, -0.25) is 0 Å². The molecule has 2 heterocycles. The van der Waals surface area contributed by atoms with E-state index in [0.29, 0.717) is 0 Å². The molecule has 0 aromatic carbocycles. The Bertz CT molecular complexity index is 419. The van der Waals surface area contributed by atoms with Crippen molar-refractivity contribution < 1.29 is 0 Å². The Morgan fingerprint density at radius 1 is 1.50 bits per heavy atom. The Morgan fingerprint density at radius 2 is 2.25 bits per heavy atom. The molecule has 3 rings (SSSR count). The van der Waals surface area contributed by atoms with E-state index in [1.807, 2.05) is 0 Å². The van der Waals surface area contributed by atoms with Crippen LogP contribution in [0.25, 0.3) is 0 Å². The van der Waals surface area contributed by atoms with E-state index in [-0.39, 0.29) is 5.54 Å². The molecule has 0 radical (unpaired) electrons. The van der Waals surface area contributed by atoms with Crippen molar-refractivity contribution in [3.05, 3.63) is 5.69 Å². The van der Waals surface area contributed by atoms with Crippen molar-refractivity contribution in [1.29, 1.82) is 0 Å². The number of aryl methyl sites for hydroxylation is 2. The highest BCUT2D eigenvalue weighted by Crippen LogP contribution is 2.45. The Morgan fingerprint density at radius 3 is 2.88 bits per heavy atom. The van der Waals surface area contributed by atoms with Crippen molar-refractivity contribution in [2.75, 3.05) is 17.2 Å². The number of nitrogens with one attached hydrogen (secondary N) is 2. The van der Waals surface area contributed by atoms with Crippen molar-refractivity contribution in [3.8, 4) is 0 Å². The van der Waals surface area contributed by atoms with E-state index in [4.69, 9.17) is 0 Å². The molecule has 0 saturated heterocycles. The molecule has 1 aromatic heterocycles. The van der Waals surface area contributed by atoms with Crippen LogP contribution in [0, 0.1) is 12.8 Å². The first-order valence-electron chi connectivity index (χ1n) is 6.23. The van der Waals surface area contributed by atoms with Crippen LogP contribution in [0.3, 0.4) is 0 Å². The second kappa shape index (κ2) is 3.15. The Balaban J connectivity index is 1.97. The number of nitrogens with zero attached hydrogens (tertiary/aromatic N) is 2. The van der Waals surface area contributed by atoms with Crippen molar-refractivity contribution in [3.63, 3.8) is 0 Å². The lowest BCUT2D eigenvalue weighted by Crippen LogP contribution is -2.47. The maximum Gasteiger partial charge on any atom is 0.148 e. The zero-order valence-electron chi connectivity index (χ0n) is 10.3. The second-order valence-corrected chi connectivity index (χ2v) is 5.30. The summed E-state index contributed by atoms with van der Waals surface area (Å²) in [5.41, 5.74) is 2.51. The molecule has 16 heavy (non-hydrogen) atoms. The summed E-state index contributed by atoms with van der Waals surface area (Å²) in [4.78, 5) is 0. The van der Waals surface area contributed by atoms with Crippen molar-refractivity contribution in [1.82, 2.24) is 9.78 Å². The number of rotatable bonds is 2. The highest BCUT2D eigenvalue weighted by atomic mass is 15.4. The minimum atomic E-state index is 0.215. The summed E-state index contributed by atoms with van der Waals surface area (Å²) in [7, 11) is 0. The lowest BCUT2D eigenvalue weighted by atomic mass is 9.93. The minimum absolute atomic E-state index is 0.215. The monoisotopic (exact) mass is 220 g/mol. The van der Waals surface area contributed by atoms with Crippen LogP contribution in [0.4, 0.5) is 11.5 Å². The fraction of sp³-hybridized carbons (Fsp3) is 0.750. The van der Waals surface area contributed by atoms with E-state index < -0.39 is 0 Å². The molecular formula is C12H20N4. The Hall–Kier alpha value is -1.19. The van der Waals surface area contributed by atoms with E-state index in [1.54, 1.807) is 0 Å². The maximum absolute atomic E-state index is 4.55. The van der Waals surface area contributed by atoms with E-state index in [9.17, 15) is 0 Å². The van der Waals surface area contributed by atoms with Gasteiger partial charge in [-0.1, -0.05) is 0 Å². The number of aromatic nitrogens is 2. The molecule has 0 spiro atoms. The fourth-order valence-corrected chi connectivity index (χ4v) is 2.70. The third-order valence-electron chi connectivity index (χ3n) is 3.94. The highest BCUT2D eigenvalue weighted by Gasteiger charge is 2.44. The smallest absolute Gasteiger partial charge is 0.148 e. The molecule has 2 aliphatic rings. The SMILES string of the molecule is CCn1nc(C)c2c1NC(C)(C1CC1)CN2. The third-order valence-corrected chi connectivity index (χ3v) is 3.94. The van der Waals surface area contributed by atoms with Gasteiger partial charge in [-0.05, 0) is 39.5 Å². The molecular weight excluding hydrogens is 200 g/mol. The van der Waals surface area contributed by atoms with Crippen molar-refractivity contribution in [2.24, 2.45) is 5.92 Å². The van der Waals surface area contributed by atoms with Crippen molar-refractivity contribution >= 4 is 11.5 Å². The predicted molar refractivity (Wildman–Crippen MR) is 65.9 cm³/mol. The van der Waals surface area contributed by atoms with Gasteiger partial charge in [-0.2, -0.15) is 5.10 Å². The topological polar surface area (TPSA) is 41.9 Å². The van der Waals surface area contributed by atoms with Crippen LogP contribution < -0.4 is 10.6 Å². The lowest BCUT2D eigenvalue weighted by molar-refractivity contribution is 0.458. The first kappa shape index (κ1) is 10.00. The summed E-state index contributed by atoms with van der Waals surface area (Å²) in [6, 6.07) is 0. The van der Waals surface area contributed by atoms with Gasteiger partial charge in [-0.15, -0.1) is 0 Å². The van der Waals surface area contributed by atoms with Crippen molar-refractivity contribution in [2.45, 2.75) is 45.7 Å².